The fourth-order valence-electron chi connectivity index (χ4n) is 1.56. The van der Waals surface area contributed by atoms with Crippen LogP contribution in [0.15, 0.2) is 35.1 Å². The standard InChI is InChI=1S/C13H11N3O3/c1-9-8-13(17)15-12(14-9)7-4-10-2-5-11(6-3-10)16(18)19/h2-8H,1H3,(H,14,15,17). The molecule has 1 aromatic heterocycles. The summed E-state index contributed by atoms with van der Waals surface area (Å²) in [5.41, 5.74) is 1.25. The van der Waals surface area contributed by atoms with Crippen molar-refractivity contribution in [3.8, 4) is 0 Å². The van der Waals surface area contributed by atoms with E-state index in [1.165, 1.54) is 18.2 Å². The van der Waals surface area contributed by atoms with Crippen LogP contribution in [0.5, 0.6) is 0 Å². The lowest BCUT2D eigenvalue weighted by atomic mass is 10.2. The predicted molar refractivity (Wildman–Crippen MR) is 71.6 cm³/mol. The molecule has 0 bridgehead atoms. The van der Waals surface area contributed by atoms with Gasteiger partial charge in [-0.2, -0.15) is 0 Å². The molecule has 6 heteroatoms. The number of aryl methyl sites for hydroxylation is 1. The van der Waals surface area contributed by atoms with Crippen LogP contribution < -0.4 is 5.56 Å². The molecule has 0 fully saturated rings. The summed E-state index contributed by atoms with van der Waals surface area (Å²) in [6.45, 7) is 1.73. The molecule has 96 valence electrons. The molecule has 6 nitrogen and oxygen atoms in total. The minimum Gasteiger partial charge on any atom is -0.307 e. The highest BCUT2D eigenvalue weighted by atomic mass is 16.6. The van der Waals surface area contributed by atoms with Gasteiger partial charge in [0.25, 0.3) is 11.2 Å². The normalized spacial score (nSPS) is 10.8. The minimum absolute atomic E-state index is 0.0410. The molecule has 19 heavy (non-hydrogen) atoms. The van der Waals surface area contributed by atoms with Crippen LogP contribution in [0.25, 0.3) is 12.2 Å². The number of non-ortho nitro benzene ring substituents is 1. The Morgan fingerprint density at radius 1 is 1.26 bits per heavy atom. The lowest BCUT2D eigenvalue weighted by molar-refractivity contribution is -0.384. The molecule has 1 N–H and O–H groups in total. The molecule has 0 radical (unpaired) electrons. The van der Waals surface area contributed by atoms with Crippen LogP contribution in [0.1, 0.15) is 17.1 Å². The van der Waals surface area contributed by atoms with Crippen molar-refractivity contribution in [1.82, 2.24) is 9.97 Å². The number of aromatic nitrogens is 2. The molecule has 0 amide bonds. The number of nitro groups is 1. The summed E-state index contributed by atoms with van der Waals surface area (Å²) in [5.74, 6) is 0.448. The number of nitrogens with zero attached hydrogens (tertiary/aromatic N) is 2. The molecule has 1 aromatic carbocycles. The summed E-state index contributed by atoms with van der Waals surface area (Å²) in [6.07, 6.45) is 3.37. The molecule has 0 aliphatic rings. The van der Waals surface area contributed by atoms with E-state index in [0.717, 1.165) is 5.56 Å². The molecule has 2 rings (SSSR count). The Bertz CT molecular complexity index is 687. The van der Waals surface area contributed by atoms with E-state index in [-0.39, 0.29) is 11.2 Å². The van der Waals surface area contributed by atoms with Crippen molar-refractivity contribution in [2.24, 2.45) is 0 Å². The van der Waals surface area contributed by atoms with Gasteiger partial charge < -0.3 is 4.98 Å². The molecule has 0 saturated carbocycles. The van der Waals surface area contributed by atoms with Crippen molar-refractivity contribution >= 4 is 17.8 Å². The number of benzene rings is 1. The average molecular weight is 257 g/mol. The minimum atomic E-state index is -0.451. The Morgan fingerprint density at radius 3 is 2.53 bits per heavy atom. The van der Waals surface area contributed by atoms with Gasteiger partial charge in [0.2, 0.25) is 0 Å². The van der Waals surface area contributed by atoms with Crippen LogP contribution in [0, 0.1) is 17.0 Å². The Morgan fingerprint density at radius 2 is 1.95 bits per heavy atom. The van der Waals surface area contributed by atoms with E-state index in [2.05, 4.69) is 9.97 Å². The van der Waals surface area contributed by atoms with Gasteiger partial charge in [-0.1, -0.05) is 6.08 Å². The third-order valence-electron chi connectivity index (χ3n) is 2.43. The Labute approximate surface area is 108 Å². The van der Waals surface area contributed by atoms with Crippen LogP contribution in [0.4, 0.5) is 5.69 Å². The van der Waals surface area contributed by atoms with Crippen molar-refractivity contribution in [2.45, 2.75) is 6.92 Å². The molecule has 2 aromatic rings. The second-order valence-electron chi connectivity index (χ2n) is 3.95. The summed E-state index contributed by atoms with van der Waals surface area (Å²) in [6, 6.07) is 7.51. The fourth-order valence-corrected chi connectivity index (χ4v) is 1.56. The predicted octanol–water partition coefficient (Wildman–Crippen LogP) is 2.16. The van der Waals surface area contributed by atoms with E-state index in [1.54, 1.807) is 31.2 Å². The van der Waals surface area contributed by atoms with E-state index in [9.17, 15) is 14.9 Å². The van der Waals surface area contributed by atoms with Gasteiger partial charge in [0.05, 0.1) is 4.92 Å². The summed E-state index contributed by atoms with van der Waals surface area (Å²) >= 11 is 0. The summed E-state index contributed by atoms with van der Waals surface area (Å²) in [7, 11) is 0. The molecule has 0 aliphatic heterocycles. The molecule has 0 unspecified atom stereocenters. The first-order chi connectivity index (χ1) is 9.04. The van der Waals surface area contributed by atoms with Crippen LogP contribution in [0.3, 0.4) is 0 Å². The zero-order valence-corrected chi connectivity index (χ0v) is 10.2. The van der Waals surface area contributed by atoms with Crippen molar-refractivity contribution in [3.05, 3.63) is 67.9 Å². The van der Waals surface area contributed by atoms with Gasteiger partial charge >= 0.3 is 0 Å². The number of aromatic amines is 1. The highest BCUT2D eigenvalue weighted by molar-refractivity contribution is 5.67. The first-order valence-electron chi connectivity index (χ1n) is 5.55. The highest BCUT2D eigenvalue weighted by Gasteiger charge is 2.02. The third kappa shape index (κ3) is 3.35. The quantitative estimate of drug-likeness (QED) is 0.674. The molecule has 0 atom stereocenters. The zero-order chi connectivity index (χ0) is 13.8. The van der Waals surface area contributed by atoms with Crippen molar-refractivity contribution < 1.29 is 4.92 Å². The highest BCUT2D eigenvalue weighted by Crippen LogP contribution is 2.13. The second kappa shape index (κ2) is 5.26. The molecule has 0 aliphatic carbocycles. The van der Waals surface area contributed by atoms with Gasteiger partial charge in [0.1, 0.15) is 5.82 Å². The largest absolute Gasteiger partial charge is 0.307 e. The maximum absolute atomic E-state index is 11.2. The van der Waals surface area contributed by atoms with E-state index >= 15 is 0 Å². The van der Waals surface area contributed by atoms with Gasteiger partial charge in [-0.25, -0.2) is 4.98 Å². The van der Waals surface area contributed by atoms with Crippen LogP contribution in [-0.2, 0) is 0 Å². The van der Waals surface area contributed by atoms with Gasteiger partial charge in [0, 0.05) is 23.9 Å². The van der Waals surface area contributed by atoms with Crippen LogP contribution in [0.2, 0.25) is 0 Å². The maximum Gasteiger partial charge on any atom is 0.269 e. The number of nitro benzene ring substituents is 1. The first-order valence-corrected chi connectivity index (χ1v) is 5.55. The second-order valence-corrected chi connectivity index (χ2v) is 3.95. The fraction of sp³-hybridized carbons (Fsp3) is 0.0769. The van der Waals surface area contributed by atoms with E-state index in [4.69, 9.17) is 0 Å². The molecular weight excluding hydrogens is 246 g/mol. The van der Waals surface area contributed by atoms with Crippen molar-refractivity contribution in [3.63, 3.8) is 0 Å². The van der Waals surface area contributed by atoms with Gasteiger partial charge in [-0.3, -0.25) is 14.9 Å². The van der Waals surface area contributed by atoms with E-state index in [1.807, 2.05) is 0 Å². The summed E-state index contributed by atoms with van der Waals surface area (Å²) < 4.78 is 0. The Hall–Kier alpha value is -2.76. The summed E-state index contributed by atoms with van der Waals surface area (Å²) in [4.78, 5) is 28.0. The molecule has 0 spiro atoms. The Balaban J connectivity index is 2.22. The van der Waals surface area contributed by atoms with Crippen molar-refractivity contribution in [1.29, 1.82) is 0 Å². The number of rotatable bonds is 3. The third-order valence-corrected chi connectivity index (χ3v) is 2.43. The monoisotopic (exact) mass is 257 g/mol. The van der Waals surface area contributed by atoms with Crippen LogP contribution in [-0.4, -0.2) is 14.9 Å². The number of hydrogen-bond acceptors (Lipinski definition) is 4. The number of hydrogen-bond donors (Lipinski definition) is 1. The van der Waals surface area contributed by atoms with Crippen LogP contribution >= 0.6 is 0 Å². The molecule has 0 saturated heterocycles. The smallest absolute Gasteiger partial charge is 0.269 e. The van der Waals surface area contributed by atoms with E-state index in [0.29, 0.717) is 11.5 Å². The zero-order valence-electron chi connectivity index (χ0n) is 10.2. The number of H-pyrrole nitrogens is 1. The van der Waals surface area contributed by atoms with Gasteiger partial charge in [0.15, 0.2) is 0 Å². The van der Waals surface area contributed by atoms with Gasteiger partial charge in [-0.05, 0) is 30.7 Å². The lowest BCUT2D eigenvalue weighted by Gasteiger charge is -1.96. The maximum atomic E-state index is 11.2. The van der Waals surface area contributed by atoms with E-state index < -0.39 is 4.92 Å². The first kappa shape index (κ1) is 12.7. The SMILES string of the molecule is Cc1cc(=O)[nH]c(C=Cc2ccc([N+](=O)[O-])cc2)n1. The average Bonchev–Trinajstić information content (AvgIpc) is 2.36. The van der Waals surface area contributed by atoms with Gasteiger partial charge in [-0.15, -0.1) is 0 Å². The number of nitrogens with one attached hydrogen (secondary N) is 1. The lowest BCUT2D eigenvalue weighted by Crippen LogP contribution is -2.08. The molecular formula is C13H11N3O3. The van der Waals surface area contributed by atoms with Crippen molar-refractivity contribution in [2.75, 3.05) is 0 Å². The Kier molecular flexibility index (Phi) is 3.51. The summed E-state index contributed by atoms with van der Waals surface area (Å²) in [5, 5.41) is 10.5. The molecule has 1 heterocycles. The topological polar surface area (TPSA) is 88.9 Å².